The standard InChI is InChI=1S/C19H18N2O6S/c1-27-19(24)13-10-15(20-28(25)26)14(9-12-5-3-2-4-6-12)16(11-13)21-17(22)7-8-18(21)23/h2-6,10-11,28H,7-9H2,1H3,(H,20,25,26). The van der Waals surface area contributed by atoms with Gasteiger partial charge in [-0.2, -0.15) is 0 Å². The molecule has 0 atom stereocenters. The van der Waals surface area contributed by atoms with Crippen molar-refractivity contribution in [2.24, 2.45) is 0 Å². The van der Waals surface area contributed by atoms with E-state index in [1.165, 1.54) is 19.2 Å². The van der Waals surface area contributed by atoms with Crippen LogP contribution in [0.3, 0.4) is 0 Å². The first-order valence-corrected chi connectivity index (χ1v) is 9.64. The lowest BCUT2D eigenvalue weighted by molar-refractivity contribution is -0.121. The lowest BCUT2D eigenvalue weighted by atomic mass is 9.98. The Hall–Kier alpha value is -3.20. The van der Waals surface area contributed by atoms with E-state index in [2.05, 4.69) is 4.72 Å². The van der Waals surface area contributed by atoms with Gasteiger partial charge in [0, 0.05) is 24.8 Å². The summed E-state index contributed by atoms with van der Waals surface area (Å²) in [7, 11) is -1.85. The van der Waals surface area contributed by atoms with E-state index < -0.39 is 28.7 Å². The third kappa shape index (κ3) is 4.04. The summed E-state index contributed by atoms with van der Waals surface area (Å²) < 4.78 is 29.7. The van der Waals surface area contributed by atoms with E-state index in [9.17, 15) is 22.8 Å². The predicted octanol–water partition coefficient (Wildman–Crippen LogP) is 1.66. The number of carbonyl (C=O) groups excluding carboxylic acids is 3. The van der Waals surface area contributed by atoms with Gasteiger partial charge in [-0.25, -0.2) is 13.2 Å². The molecule has 28 heavy (non-hydrogen) atoms. The fourth-order valence-corrected chi connectivity index (χ4v) is 3.52. The monoisotopic (exact) mass is 402 g/mol. The minimum absolute atomic E-state index is 0.0289. The molecule has 1 aliphatic heterocycles. The number of hydrogen-bond donors (Lipinski definition) is 2. The molecule has 0 bridgehead atoms. The van der Waals surface area contributed by atoms with Crippen LogP contribution < -0.4 is 9.62 Å². The molecule has 0 saturated carbocycles. The highest BCUT2D eigenvalue weighted by atomic mass is 32.2. The van der Waals surface area contributed by atoms with Crippen LogP contribution in [0.2, 0.25) is 0 Å². The van der Waals surface area contributed by atoms with Crippen molar-refractivity contribution >= 4 is 40.0 Å². The van der Waals surface area contributed by atoms with E-state index in [0.717, 1.165) is 10.5 Å². The lowest BCUT2D eigenvalue weighted by Gasteiger charge is -2.22. The second-order valence-corrected chi connectivity index (χ2v) is 6.91. The number of benzene rings is 2. The topological polar surface area (TPSA) is 110 Å². The Bertz CT molecular complexity index is 993. The lowest BCUT2D eigenvalue weighted by Crippen LogP contribution is -2.30. The Labute approximate surface area is 163 Å². The zero-order valence-corrected chi connectivity index (χ0v) is 15.9. The van der Waals surface area contributed by atoms with E-state index in [4.69, 9.17) is 4.74 Å². The third-order valence-corrected chi connectivity index (χ3v) is 4.80. The normalized spacial score (nSPS) is 13.9. The Kier molecular flexibility index (Phi) is 5.74. The highest BCUT2D eigenvalue weighted by Crippen LogP contribution is 2.35. The van der Waals surface area contributed by atoms with E-state index >= 15 is 0 Å². The zero-order chi connectivity index (χ0) is 20.3. The summed E-state index contributed by atoms with van der Waals surface area (Å²) >= 11 is 0. The van der Waals surface area contributed by atoms with Crippen molar-refractivity contribution in [3.05, 3.63) is 59.2 Å². The Morgan fingerprint density at radius 1 is 1.11 bits per heavy atom. The van der Waals surface area contributed by atoms with Gasteiger partial charge < -0.3 is 4.74 Å². The molecule has 0 aliphatic carbocycles. The van der Waals surface area contributed by atoms with Gasteiger partial charge >= 0.3 is 5.97 Å². The second kappa shape index (κ2) is 8.22. The number of imide groups is 1. The van der Waals surface area contributed by atoms with Crippen LogP contribution in [0, 0.1) is 0 Å². The smallest absolute Gasteiger partial charge is 0.337 e. The SMILES string of the molecule is COC(=O)c1cc(N[SH](=O)=O)c(Cc2ccccc2)c(N2C(=O)CCC2=O)c1. The largest absolute Gasteiger partial charge is 0.465 e. The maximum atomic E-state index is 12.3. The molecular weight excluding hydrogens is 384 g/mol. The first-order chi connectivity index (χ1) is 13.4. The highest BCUT2D eigenvalue weighted by Gasteiger charge is 2.33. The summed E-state index contributed by atoms with van der Waals surface area (Å²) in [4.78, 5) is 37.7. The van der Waals surface area contributed by atoms with Gasteiger partial charge in [0.1, 0.15) is 0 Å². The second-order valence-electron chi connectivity index (χ2n) is 6.17. The van der Waals surface area contributed by atoms with Crippen molar-refractivity contribution in [3.63, 3.8) is 0 Å². The molecule has 9 heteroatoms. The fraction of sp³-hybridized carbons (Fsp3) is 0.211. The number of carbonyl (C=O) groups is 3. The maximum Gasteiger partial charge on any atom is 0.337 e. The molecule has 0 spiro atoms. The number of esters is 1. The van der Waals surface area contributed by atoms with Crippen LogP contribution in [0.5, 0.6) is 0 Å². The molecule has 0 radical (unpaired) electrons. The van der Waals surface area contributed by atoms with Crippen molar-refractivity contribution < 1.29 is 27.5 Å². The Morgan fingerprint density at radius 2 is 1.75 bits per heavy atom. The van der Waals surface area contributed by atoms with Crippen LogP contribution in [0.1, 0.15) is 34.3 Å². The van der Waals surface area contributed by atoms with E-state index in [0.29, 0.717) is 5.56 Å². The summed E-state index contributed by atoms with van der Waals surface area (Å²) in [5, 5.41) is 0. The molecule has 8 nitrogen and oxygen atoms in total. The van der Waals surface area contributed by atoms with Gasteiger partial charge in [0.25, 0.3) is 0 Å². The highest BCUT2D eigenvalue weighted by molar-refractivity contribution is 7.73. The number of hydrogen-bond acceptors (Lipinski definition) is 6. The summed E-state index contributed by atoms with van der Waals surface area (Å²) in [6, 6.07) is 11.9. The van der Waals surface area contributed by atoms with Gasteiger partial charge in [-0.05, 0) is 17.7 Å². The van der Waals surface area contributed by atoms with Crippen LogP contribution in [0.25, 0.3) is 0 Å². The molecule has 1 saturated heterocycles. The molecule has 2 aromatic rings. The Balaban J connectivity index is 2.23. The molecule has 0 unspecified atom stereocenters. The molecule has 2 aromatic carbocycles. The fourth-order valence-electron chi connectivity index (χ4n) is 3.12. The van der Waals surface area contributed by atoms with Crippen LogP contribution in [-0.4, -0.2) is 33.3 Å². The van der Waals surface area contributed by atoms with Crippen molar-refractivity contribution in [2.75, 3.05) is 16.7 Å². The first kappa shape index (κ1) is 19.6. The average molecular weight is 402 g/mol. The summed E-state index contributed by atoms with van der Waals surface area (Å²) in [6.07, 6.45) is 0.371. The van der Waals surface area contributed by atoms with Gasteiger partial charge in [-0.3, -0.25) is 19.2 Å². The number of ether oxygens (including phenoxy) is 1. The van der Waals surface area contributed by atoms with Gasteiger partial charge in [-0.1, -0.05) is 30.3 Å². The minimum Gasteiger partial charge on any atom is -0.465 e. The van der Waals surface area contributed by atoms with Crippen LogP contribution in [0.4, 0.5) is 11.4 Å². The number of anilines is 2. The summed E-state index contributed by atoms with van der Waals surface area (Å²) in [6.45, 7) is 0. The van der Waals surface area contributed by atoms with E-state index in [1.807, 2.05) is 30.3 Å². The molecule has 1 fully saturated rings. The molecule has 1 N–H and O–H groups in total. The van der Waals surface area contributed by atoms with Crippen LogP contribution in [-0.2, 0) is 31.6 Å². The number of methoxy groups -OCH3 is 1. The van der Waals surface area contributed by atoms with Crippen molar-refractivity contribution in [1.29, 1.82) is 0 Å². The number of rotatable bonds is 6. The molecule has 1 heterocycles. The Morgan fingerprint density at radius 3 is 2.32 bits per heavy atom. The molecule has 146 valence electrons. The zero-order valence-electron chi connectivity index (χ0n) is 15.0. The number of thiol groups is 1. The predicted molar refractivity (Wildman–Crippen MR) is 103 cm³/mol. The molecule has 1 aliphatic rings. The number of amides is 2. The van der Waals surface area contributed by atoms with Crippen LogP contribution >= 0.6 is 0 Å². The summed E-state index contributed by atoms with van der Waals surface area (Å²) in [5.74, 6) is -1.52. The van der Waals surface area contributed by atoms with Gasteiger partial charge in [0.2, 0.25) is 22.7 Å². The van der Waals surface area contributed by atoms with E-state index in [1.54, 1.807) is 0 Å². The molecule has 3 rings (SSSR count). The van der Waals surface area contributed by atoms with Gasteiger partial charge in [-0.15, -0.1) is 0 Å². The quantitative estimate of drug-likeness (QED) is 0.432. The minimum atomic E-state index is -3.04. The van der Waals surface area contributed by atoms with Gasteiger partial charge in [0.05, 0.1) is 24.0 Å². The molecule has 0 aromatic heterocycles. The van der Waals surface area contributed by atoms with Crippen molar-refractivity contribution in [2.45, 2.75) is 19.3 Å². The van der Waals surface area contributed by atoms with Crippen molar-refractivity contribution in [3.8, 4) is 0 Å². The summed E-state index contributed by atoms with van der Waals surface area (Å²) in [5.41, 5.74) is 1.59. The average Bonchev–Trinajstić information content (AvgIpc) is 3.01. The molecular formula is C19H18N2O6S. The number of nitrogens with zero attached hydrogens (tertiary/aromatic N) is 1. The third-order valence-electron chi connectivity index (χ3n) is 4.38. The van der Waals surface area contributed by atoms with Crippen LogP contribution in [0.15, 0.2) is 42.5 Å². The first-order valence-electron chi connectivity index (χ1n) is 8.46. The number of nitrogens with one attached hydrogen (secondary N) is 1. The van der Waals surface area contributed by atoms with Crippen molar-refractivity contribution in [1.82, 2.24) is 0 Å². The molecule has 2 amide bonds. The van der Waals surface area contributed by atoms with E-state index in [-0.39, 0.29) is 36.2 Å². The van der Waals surface area contributed by atoms with Gasteiger partial charge in [0.15, 0.2) is 0 Å². The maximum absolute atomic E-state index is 12.3.